The highest BCUT2D eigenvalue weighted by molar-refractivity contribution is 5.97. The number of nitrogens with zero attached hydrogens (tertiary/aromatic N) is 4. The molecule has 0 saturated heterocycles. The third-order valence-electron chi connectivity index (χ3n) is 4.46. The highest BCUT2D eigenvalue weighted by Gasteiger charge is 2.21. The Morgan fingerprint density at radius 3 is 2.50 bits per heavy atom. The van der Waals surface area contributed by atoms with Gasteiger partial charge in [0.05, 0.1) is 18.4 Å². The average Bonchev–Trinajstić information content (AvgIpc) is 2.75. The SMILES string of the molecule is CC(=O)CC[C@@H](NC(=O)c1ccc(NCc2cnc3nc(N)nc(O)c3n2)cc1)C(=O)O. The number of aromatic nitrogens is 4. The van der Waals surface area contributed by atoms with E-state index in [0.717, 1.165) is 0 Å². The molecule has 0 spiro atoms. The van der Waals surface area contributed by atoms with Crippen LogP contribution in [-0.4, -0.2) is 53.9 Å². The van der Waals surface area contributed by atoms with Gasteiger partial charge in [0.15, 0.2) is 11.2 Å². The van der Waals surface area contributed by atoms with Crippen LogP contribution in [0.15, 0.2) is 30.5 Å². The number of aromatic hydroxyl groups is 1. The number of Topliss-reactive ketones (excluding diaryl/α,β-unsaturated/α-hetero) is 1. The third-order valence-corrected chi connectivity index (χ3v) is 4.46. The van der Waals surface area contributed by atoms with Crippen molar-refractivity contribution in [3.63, 3.8) is 0 Å². The Kier molecular flexibility index (Phi) is 6.73. The summed E-state index contributed by atoms with van der Waals surface area (Å²) in [5.74, 6) is -2.37. The van der Waals surface area contributed by atoms with Gasteiger partial charge in [-0.2, -0.15) is 9.97 Å². The van der Waals surface area contributed by atoms with Gasteiger partial charge in [-0.3, -0.25) is 4.79 Å². The first-order chi connectivity index (χ1) is 15.2. The van der Waals surface area contributed by atoms with E-state index in [0.29, 0.717) is 11.4 Å². The molecule has 6 N–H and O–H groups in total. The van der Waals surface area contributed by atoms with Gasteiger partial charge in [0, 0.05) is 17.7 Å². The largest absolute Gasteiger partial charge is 0.492 e. The molecule has 0 bridgehead atoms. The molecule has 166 valence electrons. The lowest BCUT2D eigenvalue weighted by molar-refractivity contribution is -0.139. The number of amides is 1. The molecule has 0 aliphatic rings. The van der Waals surface area contributed by atoms with Crippen molar-refractivity contribution in [1.29, 1.82) is 0 Å². The number of benzene rings is 1. The van der Waals surface area contributed by atoms with Gasteiger partial charge in [0.2, 0.25) is 11.8 Å². The molecule has 0 fully saturated rings. The number of carboxylic acids is 1. The summed E-state index contributed by atoms with van der Waals surface area (Å²) in [4.78, 5) is 50.6. The first-order valence-electron chi connectivity index (χ1n) is 9.58. The Bertz CT molecular complexity index is 1170. The van der Waals surface area contributed by atoms with Crippen LogP contribution in [0.5, 0.6) is 5.88 Å². The molecule has 2 aromatic heterocycles. The van der Waals surface area contributed by atoms with Crippen molar-refractivity contribution in [3.05, 3.63) is 41.7 Å². The minimum absolute atomic E-state index is 0.0238. The number of nitrogen functional groups attached to an aromatic ring is 1. The van der Waals surface area contributed by atoms with Crippen molar-refractivity contribution in [2.24, 2.45) is 0 Å². The van der Waals surface area contributed by atoms with Crippen LogP contribution in [0.1, 0.15) is 35.8 Å². The van der Waals surface area contributed by atoms with Crippen LogP contribution in [0, 0.1) is 0 Å². The van der Waals surface area contributed by atoms with Crippen molar-refractivity contribution in [2.75, 3.05) is 11.1 Å². The van der Waals surface area contributed by atoms with Crippen molar-refractivity contribution < 1.29 is 24.6 Å². The van der Waals surface area contributed by atoms with E-state index in [1.807, 2.05) is 0 Å². The highest BCUT2D eigenvalue weighted by Crippen LogP contribution is 2.19. The quantitative estimate of drug-likeness (QED) is 0.317. The van der Waals surface area contributed by atoms with Gasteiger partial charge in [0.1, 0.15) is 11.8 Å². The van der Waals surface area contributed by atoms with Gasteiger partial charge in [-0.05, 0) is 37.6 Å². The molecule has 0 saturated carbocycles. The van der Waals surface area contributed by atoms with Gasteiger partial charge in [0.25, 0.3) is 5.91 Å². The van der Waals surface area contributed by atoms with E-state index in [4.69, 9.17) is 5.73 Å². The van der Waals surface area contributed by atoms with Gasteiger partial charge in [-0.15, -0.1) is 0 Å². The minimum Gasteiger partial charge on any atom is -0.492 e. The molecule has 3 aromatic rings. The van der Waals surface area contributed by atoms with Crippen LogP contribution in [0.2, 0.25) is 0 Å². The molecular weight excluding hydrogens is 418 g/mol. The standard InChI is InChI=1S/C20H21N7O5/c1-10(28)2-7-14(19(31)32)25-17(29)11-3-5-12(6-4-11)22-8-13-9-23-16-15(24-13)18(30)27-20(21)26-16/h3-6,9,14,22H,2,7-8H2,1H3,(H,25,29)(H,31,32)(H3,21,23,26,27,30)/t14-/m1/s1. The Hall–Kier alpha value is -4.35. The second kappa shape index (κ2) is 9.64. The summed E-state index contributed by atoms with van der Waals surface area (Å²) < 4.78 is 0. The van der Waals surface area contributed by atoms with Crippen LogP contribution < -0.4 is 16.4 Å². The zero-order chi connectivity index (χ0) is 23.3. The number of carbonyl (C=O) groups is 3. The van der Waals surface area contributed by atoms with E-state index >= 15 is 0 Å². The number of ketones is 1. The van der Waals surface area contributed by atoms with Crippen molar-refractivity contribution >= 4 is 40.5 Å². The van der Waals surface area contributed by atoms with Gasteiger partial charge >= 0.3 is 5.97 Å². The second-order valence-electron chi connectivity index (χ2n) is 6.97. The summed E-state index contributed by atoms with van der Waals surface area (Å²) in [6.07, 6.45) is 1.57. The smallest absolute Gasteiger partial charge is 0.326 e. The lowest BCUT2D eigenvalue weighted by Gasteiger charge is -2.14. The molecule has 1 atom stereocenters. The number of carbonyl (C=O) groups excluding carboxylic acids is 2. The highest BCUT2D eigenvalue weighted by atomic mass is 16.4. The normalized spacial score (nSPS) is 11.7. The number of carboxylic acid groups (broad SMARTS) is 1. The minimum atomic E-state index is -1.20. The zero-order valence-electron chi connectivity index (χ0n) is 17.1. The number of nitrogens with two attached hydrogens (primary N) is 1. The number of anilines is 2. The van der Waals surface area contributed by atoms with Crippen molar-refractivity contribution in [3.8, 4) is 5.88 Å². The van der Waals surface area contributed by atoms with Crippen LogP contribution in [-0.2, 0) is 16.1 Å². The number of aliphatic carboxylic acids is 1. The molecule has 12 nitrogen and oxygen atoms in total. The Morgan fingerprint density at radius 1 is 1.12 bits per heavy atom. The van der Waals surface area contributed by atoms with Crippen molar-refractivity contribution in [1.82, 2.24) is 25.3 Å². The number of nitrogens with one attached hydrogen (secondary N) is 2. The molecule has 0 radical (unpaired) electrons. The van der Waals surface area contributed by atoms with E-state index in [1.54, 1.807) is 12.1 Å². The van der Waals surface area contributed by atoms with Crippen molar-refractivity contribution in [2.45, 2.75) is 32.4 Å². The third kappa shape index (κ3) is 5.62. The summed E-state index contributed by atoms with van der Waals surface area (Å²) >= 11 is 0. The van der Waals surface area contributed by atoms with E-state index < -0.39 is 17.9 Å². The fraction of sp³-hybridized carbons (Fsp3) is 0.250. The number of hydrogen-bond donors (Lipinski definition) is 5. The van der Waals surface area contributed by atoms with E-state index in [9.17, 15) is 24.6 Å². The molecule has 0 aliphatic carbocycles. The predicted molar refractivity (Wildman–Crippen MR) is 114 cm³/mol. The van der Waals surface area contributed by atoms with Crippen LogP contribution in [0.3, 0.4) is 0 Å². The molecule has 12 heteroatoms. The lowest BCUT2D eigenvalue weighted by atomic mass is 10.1. The Labute approximate surface area is 181 Å². The lowest BCUT2D eigenvalue weighted by Crippen LogP contribution is -2.41. The molecule has 32 heavy (non-hydrogen) atoms. The molecule has 1 aromatic carbocycles. The van der Waals surface area contributed by atoms with Crippen LogP contribution in [0.25, 0.3) is 11.2 Å². The molecule has 1 amide bonds. The fourth-order valence-corrected chi connectivity index (χ4v) is 2.81. The van der Waals surface area contributed by atoms with E-state index in [-0.39, 0.29) is 53.7 Å². The Morgan fingerprint density at radius 2 is 1.84 bits per heavy atom. The summed E-state index contributed by atoms with van der Waals surface area (Å²) in [6, 6.07) is 5.23. The predicted octanol–water partition coefficient (Wildman–Crippen LogP) is 0.872. The summed E-state index contributed by atoms with van der Waals surface area (Å²) in [5, 5.41) is 24.6. The fourth-order valence-electron chi connectivity index (χ4n) is 2.81. The van der Waals surface area contributed by atoms with E-state index in [1.165, 1.54) is 25.3 Å². The van der Waals surface area contributed by atoms with Crippen LogP contribution >= 0.6 is 0 Å². The molecule has 2 heterocycles. The first-order valence-corrected chi connectivity index (χ1v) is 9.58. The molecule has 0 aliphatic heterocycles. The number of fused-ring (bicyclic) bond motifs is 1. The van der Waals surface area contributed by atoms with Gasteiger partial charge in [-0.25, -0.2) is 14.8 Å². The summed E-state index contributed by atoms with van der Waals surface area (Å²) in [7, 11) is 0. The van der Waals surface area contributed by atoms with Crippen LogP contribution in [0.4, 0.5) is 11.6 Å². The maximum Gasteiger partial charge on any atom is 0.326 e. The van der Waals surface area contributed by atoms with E-state index in [2.05, 4.69) is 30.6 Å². The number of hydrogen-bond acceptors (Lipinski definition) is 10. The average molecular weight is 439 g/mol. The summed E-state index contributed by atoms with van der Waals surface area (Å²) in [5.41, 5.74) is 7.23. The topological polar surface area (TPSA) is 193 Å². The first kappa shape index (κ1) is 22.3. The molecule has 0 unspecified atom stereocenters. The monoisotopic (exact) mass is 439 g/mol. The maximum atomic E-state index is 12.3. The summed E-state index contributed by atoms with van der Waals surface area (Å²) in [6.45, 7) is 1.63. The van der Waals surface area contributed by atoms with Gasteiger partial charge < -0.3 is 31.4 Å². The van der Waals surface area contributed by atoms with Gasteiger partial charge in [-0.1, -0.05) is 0 Å². The second-order valence-corrected chi connectivity index (χ2v) is 6.97. The maximum absolute atomic E-state index is 12.3. The molecular formula is C20H21N7O5. The molecule has 3 rings (SSSR count). The Balaban J connectivity index is 1.62. The zero-order valence-corrected chi connectivity index (χ0v) is 17.1. The number of rotatable bonds is 9.